The Morgan fingerprint density at radius 2 is 2.00 bits per heavy atom. The predicted octanol–water partition coefficient (Wildman–Crippen LogP) is 0.302. The maximum atomic E-state index is 12.1. The molecule has 0 aromatic carbocycles. The molecular formula is C13H14N2O3. The van der Waals surface area contributed by atoms with Gasteiger partial charge in [-0.1, -0.05) is 19.2 Å². The maximum Gasteiger partial charge on any atom is 0.262 e. The van der Waals surface area contributed by atoms with Gasteiger partial charge in [0.05, 0.1) is 5.57 Å². The minimum atomic E-state index is -0.716. The van der Waals surface area contributed by atoms with Crippen LogP contribution in [0.15, 0.2) is 36.5 Å². The predicted molar refractivity (Wildman–Crippen MR) is 65.3 cm³/mol. The van der Waals surface area contributed by atoms with E-state index in [2.05, 4.69) is 18.5 Å². The van der Waals surface area contributed by atoms with Crippen LogP contribution in [0.1, 0.15) is 12.8 Å². The average molecular weight is 246 g/mol. The highest BCUT2D eigenvalue weighted by molar-refractivity contribution is 6.25. The Labute approximate surface area is 105 Å². The summed E-state index contributed by atoms with van der Waals surface area (Å²) < 4.78 is 0. The second kappa shape index (κ2) is 4.60. The van der Waals surface area contributed by atoms with Crippen molar-refractivity contribution >= 4 is 17.7 Å². The molecule has 1 unspecified atom stereocenters. The lowest BCUT2D eigenvalue weighted by Gasteiger charge is -2.28. The third-order valence-corrected chi connectivity index (χ3v) is 3.10. The summed E-state index contributed by atoms with van der Waals surface area (Å²) in [5.74, 6) is -1.24. The summed E-state index contributed by atoms with van der Waals surface area (Å²) in [6.07, 6.45) is 4.12. The molecule has 2 fully saturated rings. The van der Waals surface area contributed by atoms with Crippen LogP contribution in [0.5, 0.6) is 0 Å². The van der Waals surface area contributed by atoms with E-state index in [1.165, 1.54) is 12.2 Å². The molecule has 2 aliphatic heterocycles. The Morgan fingerprint density at radius 1 is 1.28 bits per heavy atom. The standard InChI is InChI=1S/C13H14N2O3/c1-3-5-9-8(2)12(17)15(13(9)18)10-6-4-7-14-11(10)16/h3,5,10H,1-2,4,6-7H2,(H,14,16)/b9-5+. The van der Waals surface area contributed by atoms with Gasteiger partial charge in [0, 0.05) is 12.1 Å². The van der Waals surface area contributed by atoms with Crippen LogP contribution < -0.4 is 5.32 Å². The van der Waals surface area contributed by atoms with E-state index in [1.807, 2.05) is 0 Å². The largest absolute Gasteiger partial charge is 0.354 e. The van der Waals surface area contributed by atoms with Gasteiger partial charge in [0.2, 0.25) is 5.91 Å². The lowest BCUT2D eigenvalue weighted by molar-refractivity contribution is -0.146. The summed E-state index contributed by atoms with van der Waals surface area (Å²) in [7, 11) is 0. The fourth-order valence-corrected chi connectivity index (χ4v) is 2.19. The molecule has 0 spiro atoms. The number of likely N-dealkylation sites (tertiary alicyclic amines) is 1. The molecule has 0 bridgehead atoms. The van der Waals surface area contributed by atoms with Crippen molar-refractivity contribution in [1.82, 2.24) is 10.2 Å². The van der Waals surface area contributed by atoms with E-state index >= 15 is 0 Å². The summed E-state index contributed by atoms with van der Waals surface area (Å²) >= 11 is 0. The molecule has 5 nitrogen and oxygen atoms in total. The van der Waals surface area contributed by atoms with Crippen LogP contribution in [0.3, 0.4) is 0 Å². The fraction of sp³-hybridized carbons (Fsp3) is 0.308. The summed E-state index contributed by atoms with van der Waals surface area (Å²) in [5.41, 5.74) is 0.339. The number of piperidine rings is 1. The molecular weight excluding hydrogens is 232 g/mol. The number of amides is 3. The molecule has 2 rings (SSSR count). The van der Waals surface area contributed by atoms with E-state index in [9.17, 15) is 14.4 Å². The molecule has 94 valence electrons. The van der Waals surface area contributed by atoms with Gasteiger partial charge in [0.25, 0.3) is 11.8 Å². The van der Waals surface area contributed by atoms with Crippen molar-refractivity contribution < 1.29 is 14.4 Å². The van der Waals surface area contributed by atoms with Crippen LogP contribution in [0.4, 0.5) is 0 Å². The minimum Gasteiger partial charge on any atom is -0.354 e. The van der Waals surface area contributed by atoms with Crippen molar-refractivity contribution in [3.63, 3.8) is 0 Å². The Kier molecular flexibility index (Phi) is 3.14. The van der Waals surface area contributed by atoms with Crippen molar-refractivity contribution in [3.8, 4) is 0 Å². The first-order valence-electron chi connectivity index (χ1n) is 5.75. The van der Waals surface area contributed by atoms with E-state index < -0.39 is 17.9 Å². The van der Waals surface area contributed by atoms with Crippen molar-refractivity contribution in [2.45, 2.75) is 18.9 Å². The number of hydrogen-bond donors (Lipinski definition) is 1. The number of carbonyl (C=O) groups excluding carboxylic acids is 3. The smallest absolute Gasteiger partial charge is 0.262 e. The number of allylic oxidation sites excluding steroid dienone is 2. The van der Waals surface area contributed by atoms with Crippen molar-refractivity contribution in [2.24, 2.45) is 0 Å². The maximum absolute atomic E-state index is 12.1. The van der Waals surface area contributed by atoms with Gasteiger partial charge in [-0.05, 0) is 18.9 Å². The van der Waals surface area contributed by atoms with Gasteiger partial charge in [0.1, 0.15) is 6.04 Å². The van der Waals surface area contributed by atoms with E-state index in [0.29, 0.717) is 13.0 Å². The summed E-state index contributed by atoms with van der Waals surface area (Å²) in [6, 6.07) is -0.716. The van der Waals surface area contributed by atoms with E-state index in [1.54, 1.807) is 0 Å². The molecule has 2 saturated heterocycles. The van der Waals surface area contributed by atoms with E-state index in [4.69, 9.17) is 0 Å². The number of rotatable bonds is 2. The molecule has 0 aromatic rings. The monoisotopic (exact) mass is 246 g/mol. The number of imide groups is 1. The van der Waals surface area contributed by atoms with Crippen molar-refractivity contribution in [3.05, 3.63) is 36.5 Å². The zero-order valence-corrected chi connectivity index (χ0v) is 9.94. The lowest BCUT2D eigenvalue weighted by atomic mass is 10.1. The summed E-state index contributed by atoms with van der Waals surface area (Å²) in [5, 5.41) is 2.66. The second-order valence-electron chi connectivity index (χ2n) is 4.22. The zero-order chi connectivity index (χ0) is 13.3. The zero-order valence-electron chi connectivity index (χ0n) is 9.94. The molecule has 1 atom stereocenters. The van der Waals surface area contributed by atoms with Gasteiger partial charge >= 0.3 is 0 Å². The van der Waals surface area contributed by atoms with Gasteiger partial charge in [-0.3, -0.25) is 19.3 Å². The van der Waals surface area contributed by atoms with Gasteiger partial charge < -0.3 is 5.32 Å². The molecule has 3 amide bonds. The molecule has 0 aliphatic carbocycles. The average Bonchev–Trinajstić information content (AvgIpc) is 2.55. The molecule has 2 heterocycles. The van der Waals surface area contributed by atoms with Crippen molar-refractivity contribution in [1.29, 1.82) is 0 Å². The lowest BCUT2D eigenvalue weighted by Crippen LogP contribution is -2.52. The molecule has 2 aliphatic rings. The molecule has 0 radical (unpaired) electrons. The van der Waals surface area contributed by atoms with Crippen LogP contribution >= 0.6 is 0 Å². The fourth-order valence-electron chi connectivity index (χ4n) is 2.19. The Balaban J connectivity index is 2.34. The number of hydrogen-bond acceptors (Lipinski definition) is 3. The molecule has 18 heavy (non-hydrogen) atoms. The third kappa shape index (κ3) is 1.77. The topological polar surface area (TPSA) is 66.5 Å². The Bertz CT molecular complexity index is 490. The first-order valence-corrected chi connectivity index (χ1v) is 5.75. The van der Waals surface area contributed by atoms with Crippen LogP contribution in [-0.2, 0) is 14.4 Å². The van der Waals surface area contributed by atoms with Crippen LogP contribution in [0.25, 0.3) is 0 Å². The SMILES string of the molecule is C=C/C=C1\C(=C)C(=O)N(C2CCCNC2=O)C1=O. The second-order valence-corrected chi connectivity index (χ2v) is 4.22. The summed E-state index contributed by atoms with van der Waals surface area (Å²) in [4.78, 5) is 36.8. The number of nitrogens with zero attached hydrogens (tertiary/aromatic N) is 1. The normalized spacial score (nSPS) is 26.8. The van der Waals surface area contributed by atoms with Crippen LogP contribution in [0.2, 0.25) is 0 Å². The van der Waals surface area contributed by atoms with Gasteiger partial charge in [0.15, 0.2) is 0 Å². The molecule has 5 heteroatoms. The van der Waals surface area contributed by atoms with Gasteiger partial charge in [-0.2, -0.15) is 0 Å². The quantitative estimate of drug-likeness (QED) is 0.563. The highest BCUT2D eigenvalue weighted by Crippen LogP contribution is 2.27. The van der Waals surface area contributed by atoms with Crippen molar-refractivity contribution in [2.75, 3.05) is 6.54 Å². The Hall–Kier alpha value is -2.17. The Morgan fingerprint density at radius 3 is 2.61 bits per heavy atom. The van der Waals surface area contributed by atoms with Gasteiger partial charge in [-0.25, -0.2) is 0 Å². The van der Waals surface area contributed by atoms with E-state index in [0.717, 1.165) is 11.3 Å². The molecule has 0 aromatic heterocycles. The minimum absolute atomic E-state index is 0.123. The van der Waals surface area contributed by atoms with Crippen LogP contribution in [-0.4, -0.2) is 35.2 Å². The highest BCUT2D eigenvalue weighted by atomic mass is 16.2. The molecule has 1 N–H and O–H groups in total. The highest BCUT2D eigenvalue weighted by Gasteiger charge is 2.44. The first kappa shape index (κ1) is 12.3. The summed E-state index contributed by atoms with van der Waals surface area (Å²) in [6.45, 7) is 7.67. The number of nitrogens with one attached hydrogen (secondary N) is 1. The van der Waals surface area contributed by atoms with Gasteiger partial charge in [-0.15, -0.1) is 0 Å². The van der Waals surface area contributed by atoms with E-state index in [-0.39, 0.29) is 17.1 Å². The number of carbonyl (C=O) groups is 3. The molecule has 0 saturated carbocycles. The van der Waals surface area contributed by atoms with Crippen LogP contribution in [0, 0.1) is 0 Å². The first-order chi connectivity index (χ1) is 8.57. The third-order valence-electron chi connectivity index (χ3n) is 3.10.